The molecular formula is C20H41N2O3P. The standard InChI is InChI=1S/C20H41N2O3P/c1-3-5-7-9-11-13-15-21-17-19-24-26(23)25-20-18-22-16-14-12-10-8-6-4-2/h17-18,26H,3-16,19-20H2,1-2H3. The third-order valence-corrected chi connectivity index (χ3v) is 4.90. The van der Waals surface area contributed by atoms with Gasteiger partial charge in [0.05, 0.1) is 13.2 Å². The maximum atomic E-state index is 11.5. The molecule has 0 aliphatic carbocycles. The van der Waals surface area contributed by atoms with E-state index in [1.807, 2.05) is 0 Å². The largest absolute Gasteiger partial charge is 0.319 e. The highest BCUT2D eigenvalue weighted by Gasteiger charge is 1.96. The second kappa shape index (κ2) is 22.5. The molecule has 0 aromatic rings. The minimum Gasteiger partial charge on any atom is -0.305 e. The minimum absolute atomic E-state index is 0.253. The fourth-order valence-electron chi connectivity index (χ4n) is 2.51. The molecule has 0 saturated carbocycles. The summed E-state index contributed by atoms with van der Waals surface area (Å²) in [5.41, 5.74) is 0. The van der Waals surface area contributed by atoms with E-state index in [1.54, 1.807) is 12.4 Å². The van der Waals surface area contributed by atoms with Crippen molar-refractivity contribution >= 4 is 20.7 Å². The molecule has 154 valence electrons. The normalized spacial score (nSPS) is 13.2. The monoisotopic (exact) mass is 388 g/mol. The maximum Gasteiger partial charge on any atom is 0.319 e. The first-order valence-electron chi connectivity index (χ1n) is 10.6. The first-order chi connectivity index (χ1) is 12.8. The second-order valence-corrected chi connectivity index (χ2v) is 7.66. The van der Waals surface area contributed by atoms with E-state index in [2.05, 4.69) is 23.8 Å². The molecule has 0 heterocycles. The summed E-state index contributed by atoms with van der Waals surface area (Å²) in [6.07, 6.45) is 18.5. The van der Waals surface area contributed by atoms with Crippen molar-refractivity contribution in [2.75, 3.05) is 26.3 Å². The summed E-state index contributed by atoms with van der Waals surface area (Å²) in [7, 11) is -2.44. The summed E-state index contributed by atoms with van der Waals surface area (Å²) in [4.78, 5) is 8.53. The molecule has 0 unspecified atom stereocenters. The van der Waals surface area contributed by atoms with Gasteiger partial charge in [-0.2, -0.15) is 0 Å². The number of hydrogen-bond donors (Lipinski definition) is 0. The zero-order valence-electron chi connectivity index (χ0n) is 17.1. The van der Waals surface area contributed by atoms with Crippen LogP contribution in [-0.2, 0) is 13.6 Å². The summed E-state index contributed by atoms with van der Waals surface area (Å²) in [6, 6.07) is 0. The quantitative estimate of drug-likeness (QED) is 0.140. The number of unbranched alkanes of at least 4 members (excludes halogenated alkanes) is 10. The third-order valence-electron chi connectivity index (χ3n) is 4.09. The van der Waals surface area contributed by atoms with Gasteiger partial charge in [-0.15, -0.1) is 0 Å². The van der Waals surface area contributed by atoms with Crippen molar-refractivity contribution in [3.8, 4) is 0 Å². The van der Waals surface area contributed by atoms with Crippen molar-refractivity contribution in [3.05, 3.63) is 0 Å². The Labute approximate surface area is 162 Å². The van der Waals surface area contributed by atoms with Crippen LogP contribution in [0.4, 0.5) is 0 Å². The van der Waals surface area contributed by atoms with Crippen LogP contribution in [0.25, 0.3) is 0 Å². The van der Waals surface area contributed by atoms with Gasteiger partial charge in [0.25, 0.3) is 0 Å². The van der Waals surface area contributed by atoms with Crippen LogP contribution in [0.15, 0.2) is 9.98 Å². The predicted octanol–water partition coefficient (Wildman–Crippen LogP) is 6.27. The fourth-order valence-corrected chi connectivity index (χ4v) is 3.01. The Morgan fingerprint density at radius 3 is 1.46 bits per heavy atom. The lowest BCUT2D eigenvalue weighted by Gasteiger charge is -2.01. The van der Waals surface area contributed by atoms with Gasteiger partial charge >= 0.3 is 8.25 Å². The zero-order chi connectivity index (χ0) is 19.1. The average Bonchev–Trinajstić information content (AvgIpc) is 2.64. The zero-order valence-corrected chi connectivity index (χ0v) is 18.1. The maximum absolute atomic E-state index is 11.5. The van der Waals surface area contributed by atoms with Gasteiger partial charge < -0.3 is 9.05 Å². The van der Waals surface area contributed by atoms with Gasteiger partial charge in [0.1, 0.15) is 0 Å². The highest BCUT2D eigenvalue weighted by molar-refractivity contribution is 7.33. The highest BCUT2D eigenvalue weighted by atomic mass is 31.1. The van der Waals surface area contributed by atoms with Crippen molar-refractivity contribution < 1.29 is 13.6 Å². The Morgan fingerprint density at radius 1 is 0.654 bits per heavy atom. The Kier molecular flexibility index (Phi) is 22.1. The van der Waals surface area contributed by atoms with Crippen LogP contribution >= 0.6 is 8.25 Å². The molecule has 5 nitrogen and oxygen atoms in total. The molecule has 0 atom stereocenters. The molecule has 0 aliphatic rings. The van der Waals surface area contributed by atoms with E-state index < -0.39 is 8.25 Å². The Morgan fingerprint density at radius 2 is 1.04 bits per heavy atom. The van der Waals surface area contributed by atoms with E-state index in [0.717, 1.165) is 25.9 Å². The van der Waals surface area contributed by atoms with Crippen LogP contribution in [0, 0.1) is 0 Å². The number of hydrogen-bond acceptors (Lipinski definition) is 5. The molecule has 0 rings (SSSR count). The summed E-state index contributed by atoms with van der Waals surface area (Å²) in [5, 5.41) is 0. The fraction of sp³-hybridized carbons (Fsp3) is 0.900. The van der Waals surface area contributed by atoms with Crippen molar-refractivity contribution in [1.29, 1.82) is 0 Å². The minimum atomic E-state index is -2.44. The van der Waals surface area contributed by atoms with E-state index in [1.165, 1.54) is 64.2 Å². The molecule has 0 radical (unpaired) electrons. The van der Waals surface area contributed by atoms with Crippen molar-refractivity contribution in [1.82, 2.24) is 0 Å². The number of aliphatic imine (C=N–C) groups is 2. The average molecular weight is 389 g/mol. The Hall–Kier alpha value is -0.510. The predicted molar refractivity (Wildman–Crippen MR) is 114 cm³/mol. The Bertz CT molecular complexity index is 331. The summed E-state index contributed by atoms with van der Waals surface area (Å²) >= 11 is 0. The topological polar surface area (TPSA) is 60.2 Å². The summed E-state index contributed by atoms with van der Waals surface area (Å²) < 4.78 is 21.7. The SMILES string of the molecule is CCCCCCCCN=CCO[PH](=O)OCC=NCCCCCCCC. The van der Waals surface area contributed by atoms with Gasteiger partial charge in [-0.05, 0) is 12.8 Å². The van der Waals surface area contributed by atoms with E-state index in [-0.39, 0.29) is 13.2 Å². The van der Waals surface area contributed by atoms with Gasteiger partial charge in [0.15, 0.2) is 0 Å². The van der Waals surface area contributed by atoms with E-state index in [0.29, 0.717) is 0 Å². The van der Waals surface area contributed by atoms with Gasteiger partial charge in [-0.1, -0.05) is 78.1 Å². The Balaban J connectivity index is 3.33. The second-order valence-electron chi connectivity index (χ2n) is 6.59. The van der Waals surface area contributed by atoms with Gasteiger partial charge in [0, 0.05) is 25.5 Å². The van der Waals surface area contributed by atoms with Crippen molar-refractivity contribution in [3.63, 3.8) is 0 Å². The van der Waals surface area contributed by atoms with E-state index >= 15 is 0 Å². The molecule has 26 heavy (non-hydrogen) atoms. The number of rotatable bonds is 20. The van der Waals surface area contributed by atoms with Gasteiger partial charge in [-0.3, -0.25) is 14.5 Å². The molecule has 0 bridgehead atoms. The van der Waals surface area contributed by atoms with Crippen LogP contribution in [0.5, 0.6) is 0 Å². The number of nitrogens with zero attached hydrogens (tertiary/aromatic N) is 2. The molecule has 0 amide bonds. The summed E-state index contributed by atoms with van der Waals surface area (Å²) in [5.74, 6) is 0. The van der Waals surface area contributed by atoms with Crippen molar-refractivity contribution in [2.24, 2.45) is 9.98 Å². The first kappa shape index (κ1) is 25.5. The highest BCUT2D eigenvalue weighted by Crippen LogP contribution is 2.21. The van der Waals surface area contributed by atoms with Crippen LogP contribution in [0.3, 0.4) is 0 Å². The smallest absolute Gasteiger partial charge is 0.305 e. The van der Waals surface area contributed by atoms with Crippen LogP contribution < -0.4 is 0 Å². The van der Waals surface area contributed by atoms with Gasteiger partial charge in [-0.25, -0.2) is 0 Å². The molecule has 0 saturated heterocycles. The molecular weight excluding hydrogens is 347 g/mol. The lowest BCUT2D eigenvalue weighted by Crippen LogP contribution is -1.94. The molecule has 0 spiro atoms. The van der Waals surface area contributed by atoms with Crippen LogP contribution in [-0.4, -0.2) is 38.7 Å². The lowest BCUT2D eigenvalue weighted by atomic mass is 10.1. The molecule has 0 fully saturated rings. The summed E-state index contributed by atoms with van der Waals surface area (Å²) in [6.45, 7) is 6.60. The molecule has 0 aromatic carbocycles. The molecule has 0 aromatic heterocycles. The molecule has 0 N–H and O–H groups in total. The lowest BCUT2D eigenvalue weighted by molar-refractivity contribution is 0.274. The van der Waals surface area contributed by atoms with Crippen LogP contribution in [0.2, 0.25) is 0 Å². The first-order valence-corrected chi connectivity index (χ1v) is 11.8. The third kappa shape index (κ3) is 21.5. The molecule has 0 aliphatic heterocycles. The van der Waals surface area contributed by atoms with E-state index in [4.69, 9.17) is 9.05 Å². The van der Waals surface area contributed by atoms with Gasteiger partial charge in [0.2, 0.25) is 0 Å². The van der Waals surface area contributed by atoms with E-state index in [9.17, 15) is 4.57 Å². The van der Waals surface area contributed by atoms with Crippen LogP contribution in [0.1, 0.15) is 90.9 Å². The van der Waals surface area contributed by atoms with Crippen molar-refractivity contribution in [2.45, 2.75) is 90.9 Å². The molecule has 6 heteroatoms.